The van der Waals surface area contributed by atoms with Crippen molar-refractivity contribution in [1.82, 2.24) is 0 Å². The molecule has 1 nitrogen and oxygen atoms in total. The van der Waals surface area contributed by atoms with E-state index < -0.39 is 0 Å². The van der Waals surface area contributed by atoms with Crippen LogP contribution in [-0.2, 0) is 0 Å². The molecule has 2 rings (SSSR count). The molecule has 0 saturated heterocycles. The third-order valence-electron chi connectivity index (χ3n) is 2.66. The van der Waals surface area contributed by atoms with Gasteiger partial charge in [-0.15, -0.1) is 0 Å². The molecule has 0 radical (unpaired) electrons. The molecule has 3 heteroatoms. The lowest BCUT2D eigenvalue weighted by molar-refractivity contribution is 0.308. The molecule has 1 aliphatic rings. The zero-order valence-corrected chi connectivity index (χ0v) is 8.81. The summed E-state index contributed by atoms with van der Waals surface area (Å²) in [4.78, 5) is 0. The third kappa shape index (κ3) is 2.01. The Kier molecular flexibility index (Phi) is 2.64. The third-order valence-corrected chi connectivity index (χ3v) is 2.90. The van der Waals surface area contributed by atoms with E-state index in [0.29, 0.717) is 16.8 Å². The van der Waals surface area contributed by atoms with Gasteiger partial charge in [-0.2, -0.15) is 0 Å². The number of rotatable bonds is 2. The van der Waals surface area contributed by atoms with Gasteiger partial charge in [0.15, 0.2) is 0 Å². The van der Waals surface area contributed by atoms with Crippen LogP contribution in [0.1, 0.15) is 19.8 Å². The standard InChI is InChI=1S/C11H13ClFN/c1-7-4-9(5-7)14-11-6-8(12)2-3-10(11)13/h2-3,6-7,9,14H,4-5H2,1H3. The molecule has 0 heterocycles. The van der Waals surface area contributed by atoms with Crippen molar-refractivity contribution >= 4 is 17.3 Å². The molecule has 1 aromatic carbocycles. The lowest BCUT2D eigenvalue weighted by Gasteiger charge is -2.34. The Morgan fingerprint density at radius 3 is 2.79 bits per heavy atom. The summed E-state index contributed by atoms with van der Waals surface area (Å²) in [7, 11) is 0. The highest BCUT2D eigenvalue weighted by molar-refractivity contribution is 6.30. The van der Waals surface area contributed by atoms with Gasteiger partial charge in [-0.25, -0.2) is 4.39 Å². The van der Waals surface area contributed by atoms with Crippen molar-refractivity contribution in [3.05, 3.63) is 29.0 Å². The van der Waals surface area contributed by atoms with Gasteiger partial charge in [-0.3, -0.25) is 0 Å². The monoisotopic (exact) mass is 213 g/mol. The average Bonchev–Trinajstić information content (AvgIpc) is 2.09. The normalized spacial score (nSPS) is 25.6. The first kappa shape index (κ1) is 9.78. The van der Waals surface area contributed by atoms with Crippen molar-refractivity contribution in [1.29, 1.82) is 0 Å². The van der Waals surface area contributed by atoms with Crippen molar-refractivity contribution in [3.8, 4) is 0 Å². The summed E-state index contributed by atoms with van der Waals surface area (Å²) < 4.78 is 13.3. The van der Waals surface area contributed by atoms with Crippen LogP contribution in [0.3, 0.4) is 0 Å². The van der Waals surface area contributed by atoms with Crippen LogP contribution in [-0.4, -0.2) is 6.04 Å². The van der Waals surface area contributed by atoms with E-state index >= 15 is 0 Å². The molecule has 0 amide bonds. The first-order chi connectivity index (χ1) is 6.65. The van der Waals surface area contributed by atoms with Gasteiger partial charge in [0.25, 0.3) is 0 Å². The number of hydrogen-bond acceptors (Lipinski definition) is 1. The van der Waals surface area contributed by atoms with E-state index in [4.69, 9.17) is 11.6 Å². The summed E-state index contributed by atoms with van der Waals surface area (Å²) in [6, 6.07) is 5.01. The van der Waals surface area contributed by atoms with Crippen molar-refractivity contribution in [2.75, 3.05) is 5.32 Å². The smallest absolute Gasteiger partial charge is 0.146 e. The van der Waals surface area contributed by atoms with Gasteiger partial charge in [0, 0.05) is 11.1 Å². The molecule has 1 saturated carbocycles. The van der Waals surface area contributed by atoms with Crippen molar-refractivity contribution < 1.29 is 4.39 Å². The van der Waals surface area contributed by atoms with Crippen LogP contribution in [0, 0.1) is 11.7 Å². The van der Waals surface area contributed by atoms with Crippen LogP contribution in [0.4, 0.5) is 10.1 Å². The molecule has 1 aliphatic carbocycles. The second kappa shape index (κ2) is 3.77. The van der Waals surface area contributed by atoms with Crippen molar-refractivity contribution in [2.24, 2.45) is 5.92 Å². The highest BCUT2D eigenvalue weighted by Gasteiger charge is 2.25. The Morgan fingerprint density at radius 1 is 1.43 bits per heavy atom. The summed E-state index contributed by atoms with van der Waals surface area (Å²) in [6.45, 7) is 2.20. The Balaban J connectivity index is 2.05. The predicted molar refractivity (Wildman–Crippen MR) is 57.2 cm³/mol. The summed E-state index contributed by atoms with van der Waals surface area (Å²) >= 11 is 5.78. The lowest BCUT2D eigenvalue weighted by Crippen LogP contribution is -2.34. The number of anilines is 1. The number of hydrogen-bond donors (Lipinski definition) is 1. The van der Waals surface area contributed by atoms with Crippen LogP contribution in [0.15, 0.2) is 18.2 Å². The predicted octanol–water partition coefficient (Wildman–Crippen LogP) is 3.69. The van der Waals surface area contributed by atoms with E-state index in [9.17, 15) is 4.39 Å². The van der Waals surface area contributed by atoms with Crippen LogP contribution in [0.2, 0.25) is 5.02 Å². The maximum atomic E-state index is 13.3. The highest BCUT2D eigenvalue weighted by atomic mass is 35.5. The molecule has 0 atom stereocenters. The van der Waals surface area contributed by atoms with E-state index in [1.807, 2.05) is 0 Å². The number of nitrogens with one attached hydrogen (secondary N) is 1. The van der Waals surface area contributed by atoms with Gasteiger partial charge >= 0.3 is 0 Å². The van der Waals surface area contributed by atoms with E-state index in [1.165, 1.54) is 6.07 Å². The summed E-state index contributed by atoms with van der Waals surface area (Å²) in [5, 5.41) is 3.73. The average molecular weight is 214 g/mol. The molecule has 1 N–H and O–H groups in total. The zero-order chi connectivity index (χ0) is 10.1. The Hall–Kier alpha value is -0.760. The Morgan fingerprint density at radius 2 is 2.14 bits per heavy atom. The van der Waals surface area contributed by atoms with E-state index in [1.54, 1.807) is 12.1 Å². The van der Waals surface area contributed by atoms with E-state index in [-0.39, 0.29) is 5.82 Å². The van der Waals surface area contributed by atoms with E-state index in [0.717, 1.165) is 18.8 Å². The molecule has 1 fully saturated rings. The quantitative estimate of drug-likeness (QED) is 0.790. The Bertz CT molecular complexity index is 334. The fourth-order valence-electron chi connectivity index (χ4n) is 1.85. The molecule has 0 spiro atoms. The van der Waals surface area contributed by atoms with E-state index in [2.05, 4.69) is 12.2 Å². The maximum absolute atomic E-state index is 13.3. The van der Waals surface area contributed by atoms with Gasteiger partial charge in [-0.05, 0) is 37.0 Å². The second-order valence-electron chi connectivity index (χ2n) is 4.04. The van der Waals surface area contributed by atoms with Crippen LogP contribution >= 0.6 is 11.6 Å². The van der Waals surface area contributed by atoms with Crippen molar-refractivity contribution in [3.63, 3.8) is 0 Å². The minimum absolute atomic E-state index is 0.228. The SMILES string of the molecule is CC1CC(Nc2cc(Cl)ccc2F)C1. The molecule has 1 aromatic rings. The topological polar surface area (TPSA) is 12.0 Å². The van der Waals surface area contributed by atoms with Crippen LogP contribution in [0.5, 0.6) is 0 Å². The molecule has 14 heavy (non-hydrogen) atoms. The maximum Gasteiger partial charge on any atom is 0.146 e. The fraction of sp³-hybridized carbons (Fsp3) is 0.455. The van der Waals surface area contributed by atoms with Crippen LogP contribution < -0.4 is 5.32 Å². The summed E-state index contributed by atoms with van der Waals surface area (Å²) in [6.07, 6.45) is 2.23. The fourth-order valence-corrected chi connectivity index (χ4v) is 2.02. The van der Waals surface area contributed by atoms with Crippen LogP contribution in [0.25, 0.3) is 0 Å². The summed E-state index contributed by atoms with van der Waals surface area (Å²) in [5.74, 6) is 0.531. The van der Waals surface area contributed by atoms with Gasteiger partial charge < -0.3 is 5.32 Å². The first-order valence-corrected chi connectivity index (χ1v) is 5.24. The lowest BCUT2D eigenvalue weighted by atomic mass is 9.82. The Labute approximate surface area is 88.3 Å². The minimum Gasteiger partial charge on any atom is -0.380 e. The first-order valence-electron chi connectivity index (χ1n) is 4.87. The minimum atomic E-state index is -0.228. The number of benzene rings is 1. The molecular weight excluding hydrogens is 201 g/mol. The summed E-state index contributed by atoms with van der Waals surface area (Å²) in [5.41, 5.74) is 0.523. The molecule has 76 valence electrons. The van der Waals surface area contributed by atoms with Gasteiger partial charge in [0.05, 0.1) is 5.69 Å². The number of halogens is 2. The molecule has 0 bridgehead atoms. The second-order valence-corrected chi connectivity index (χ2v) is 4.48. The highest BCUT2D eigenvalue weighted by Crippen LogP contribution is 2.30. The van der Waals surface area contributed by atoms with Crippen molar-refractivity contribution in [2.45, 2.75) is 25.8 Å². The molecule has 0 aliphatic heterocycles. The molecule has 0 aromatic heterocycles. The van der Waals surface area contributed by atoms with Gasteiger partial charge in [-0.1, -0.05) is 18.5 Å². The largest absolute Gasteiger partial charge is 0.380 e. The van der Waals surface area contributed by atoms with Gasteiger partial charge in [0.2, 0.25) is 0 Å². The molecular formula is C11H13ClFN. The molecule has 0 unspecified atom stereocenters. The zero-order valence-electron chi connectivity index (χ0n) is 8.06. The van der Waals surface area contributed by atoms with Gasteiger partial charge in [0.1, 0.15) is 5.82 Å².